The number of aliphatic hydroxyl groups is 3. The van der Waals surface area contributed by atoms with Crippen molar-refractivity contribution in [3.8, 4) is 0 Å². The third kappa shape index (κ3) is 2.64. The van der Waals surface area contributed by atoms with Crippen LogP contribution in [0.15, 0.2) is 35.5 Å². The van der Waals surface area contributed by atoms with Gasteiger partial charge in [-0.05, 0) is 57.3 Å². The van der Waals surface area contributed by atoms with E-state index in [1.54, 1.807) is 26.0 Å². The molecule has 0 amide bonds. The summed E-state index contributed by atoms with van der Waals surface area (Å²) >= 11 is 0. The zero-order valence-corrected chi connectivity index (χ0v) is 15.8. The summed E-state index contributed by atoms with van der Waals surface area (Å²) in [6.45, 7) is 9.31. The van der Waals surface area contributed by atoms with Crippen LogP contribution in [0, 0.1) is 5.92 Å². The minimum absolute atomic E-state index is 0.0145. The molecular weight excluding hydrogens is 352 g/mol. The lowest BCUT2D eigenvalue weighted by Gasteiger charge is -2.40. The Labute approximate surface area is 157 Å². The molecule has 4 aliphatic heterocycles. The van der Waals surface area contributed by atoms with Crippen molar-refractivity contribution in [1.29, 1.82) is 0 Å². The van der Waals surface area contributed by atoms with Crippen LogP contribution in [0.2, 0.25) is 0 Å². The summed E-state index contributed by atoms with van der Waals surface area (Å²) in [7, 11) is 0. The number of carbonyl (C=O) groups is 1. The predicted molar refractivity (Wildman–Crippen MR) is 93.9 cm³/mol. The van der Waals surface area contributed by atoms with E-state index in [1.807, 2.05) is 6.92 Å². The molecule has 0 aromatic carbocycles. The second-order valence-corrected chi connectivity index (χ2v) is 8.55. The molecule has 4 rings (SSSR count). The predicted octanol–water partition coefficient (Wildman–Crippen LogP) is 1.44. The van der Waals surface area contributed by atoms with Crippen LogP contribution < -0.4 is 0 Å². The van der Waals surface area contributed by atoms with E-state index in [0.29, 0.717) is 17.6 Å². The Morgan fingerprint density at radius 2 is 1.96 bits per heavy atom. The fraction of sp³-hybridized carbons (Fsp3) is 0.650. The van der Waals surface area contributed by atoms with Gasteiger partial charge in [0.2, 0.25) is 11.6 Å². The van der Waals surface area contributed by atoms with Gasteiger partial charge in [-0.15, -0.1) is 0 Å². The molecule has 0 saturated carbocycles. The molecule has 3 N–H and O–H groups in total. The Balaban J connectivity index is 1.89. The maximum absolute atomic E-state index is 12.6. The first-order chi connectivity index (χ1) is 12.4. The van der Waals surface area contributed by atoms with Crippen molar-refractivity contribution >= 4 is 5.97 Å². The van der Waals surface area contributed by atoms with E-state index in [0.717, 1.165) is 5.57 Å². The number of allylic oxidation sites excluding steroid dienone is 1. The van der Waals surface area contributed by atoms with Gasteiger partial charge in [0.25, 0.3) is 0 Å². The van der Waals surface area contributed by atoms with Crippen molar-refractivity contribution in [2.75, 3.05) is 0 Å². The van der Waals surface area contributed by atoms with E-state index in [-0.39, 0.29) is 25.2 Å². The third-order valence-corrected chi connectivity index (χ3v) is 6.20. The Kier molecular flexibility index (Phi) is 3.85. The summed E-state index contributed by atoms with van der Waals surface area (Å²) in [5, 5.41) is 33.4. The van der Waals surface area contributed by atoms with Crippen molar-refractivity contribution in [3.05, 3.63) is 35.5 Å². The van der Waals surface area contributed by atoms with Gasteiger partial charge < -0.3 is 29.5 Å². The summed E-state index contributed by atoms with van der Waals surface area (Å²) < 4.78 is 17.3. The van der Waals surface area contributed by atoms with Gasteiger partial charge in [-0.3, -0.25) is 0 Å². The van der Waals surface area contributed by atoms with Crippen LogP contribution in [0.3, 0.4) is 0 Å². The van der Waals surface area contributed by atoms with E-state index in [2.05, 4.69) is 6.58 Å². The lowest BCUT2D eigenvalue weighted by Crippen LogP contribution is -2.56. The van der Waals surface area contributed by atoms with Gasteiger partial charge in [0, 0.05) is 12.8 Å². The molecule has 2 fully saturated rings. The van der Waals surface area contributed by atoms with Gasteiger partial charge in [0.1, 0.15) is 0 Å². The smallest absolute Gasteiger partial charge is 0.343 e. The normalized spacial score (nSPS) is 49.0. The Hall–Kier alpha value is -1.51. The first-order valence-corrected chi connectivity index (χ1v) is 9.24. The third-order valence-electron chi connectivity index (χ3n) is 6.20. The van der Waals surface area contributed by atoms with E-state index >= 15 is 0 Å². The molecule has 0 radical (unpaired) electrons. The highest BCUT2D eigenvalue weighted by Crippen LogP contribution is 2.52. The molecule has 7 nitrogen and oxygen atoms in total. The second kappa shape index (κ2) is 5.52. The first-order valence-electron chi connectivity index (χ1n) is 9.24. The van der Waals surface area contributed by atoms with E-state index in [1.165, 1.54) is 0 Å². The van der Waals surface area contributed by atoms with Crippen LogP contribution in [-0.2, 0) is 19.0 Å². The number of esters is 1. The van der Waals surface area contributed by atoms with Crippen LogP contribution in [0.5, 0.6) is 0 Å². The summed E-state index contributed by atoms with van der Waals surface area (Å²) in [5.41, 5.74) is 0.0130. The molecule has 0 aliphatic carbocycles. The van der Waals surface area contributed by atoms with Crippen molar-refractivity contribution in [3.63, 3.8) is 0 Å². The van der Waals surface area contributed by atoms with Crippen LogP contribution in [0.25, 0.3) is 0 Å². The van der Waals surface area contributed by atoms with Crippen molar-refractivity contribution < 1.29 is 34.3 Å². The average molecular weight is 378 g/mol. The van der Waals surface area contributed by atoms with Gasteiger partial charge in [0.05, 0.1) is 0 Å². The quantitative estimate of drug-likeness (QED) is 0.468. The minimum atomic E-state index is -2.02. The summed E-state index contributed by atoms with van der Waals surface area (Å²) in [6, 6.07) is 0. The van der Waals surface area contributed by atoms with Crippen molar-refractivity contribution in [2.24, 2.45) is 5.92 Å². The lowest BCUT2D eigenvalue weighted by atomic mass is 9.81. The molecule has 7 heteroatoms. The van der Waals surface area contributed by atoms with Gasteiger partial charge in [-0.2, -0.15) is 0 Å². The molecule has 1 spiro atoms. The number of hydrogen-bond acceptors (Lipinski definition) is 7. The average Bonchev–Trinajstić information content (AvgIpc) is 2.81. The van der Waals surface area contributed by atoms with Crippen LogP contribution in [-0.4, -0.2) is 50.4 Å². The number of hydrogen-bond donors (Lipinski definition) is 3. The zero-order chi connectivity index (χ0) is 19.8. The van der Waals surface area contributed by atoms with E-state index in [9.17, 15) is 20.1 Å². The van der Waals surface area contributed by atoms with Crippen LogP contribution >= 0.6 is 0 Å². The number of fused-ring (bicyclic) bond motifs is 1. The molecule has 27 heavy (non-hydrogen) atoms. The number of carbonyl (C=O) groups excluding carboxylic acids is 1. The fourth-order valence-electron chi connectivity index (χ4n) is 4.72. The Morgan fingerprint density at radius 1 is 1.26 bits per heavy atom. The summed E-state index contributed by atoms with van der Waals surface area (Å²) in [4.78, 5) is 12.6. The molecule has 0 unspecified atom stereocenters. The maximum Gasteiger partial charge on any atom is 0.343 e. The van der Waals surface area contributed by atoms with Crippen LogP contribution in [0.1, 0.15) is 46.5 Å². The number of rotatable bonds is 1. The standard InChI is InChI=1S/C20H26O7/c1-11(2)14-5-6-18(22)15-20(24,26-16(18)21)8-12(3)7-17(25-15)9-13(4)19(23,10-14)27-17/h7,9,14-15,22-24H,1,5-6,8,10H2,2-4H3/t14-,15+,17-,18+,19-,20+/m0/s1. The Morgan fingerprint density at radius 3 is 2.63 bits per heavy atom. The summed E-state index contributed by atoms with van der Waals surface area (Å²) in [6.07, 6.45) is 2.49. The molecule has 6 atom stereocenters. The number of ether oxygens (including phenoxy) is 3. The molecule has 2 saturated heterocycles. The van der Waals surface area contributed by atoms with E-state index < -0.39 is 35.0 Å². The topological polar surface area (TPSA) is 105 Å². The van der Waals surface area contributed by atoms with Crippen LogP contribution in [0.4, 0.5) is 0 Å². The van der Waals surface area contributed by atoms with Crippen molar-refractivity contribution in [2.45, 2.75) is 75.5 Å². The van der Waals surface area contributed by atoms with Gasteiger partial charge in [-0.1, -0.05) is 17.7 Å². The Bertz CT molecular complexity index is 785. The highest BCUT2D eigenvalue weighted by atomic mass is 16.8. The second-order valence-electron chi connectivity index (χ2n) is 8.55. The summed E-state index contributed by atoms with van der Waals surface area (Å²) in [5.74, 6) is -6.18. The van der Waals surface area contributed by atoms with E-state index in [4.69, 9.17) is 14.2 Å². The zero-order valence-electron chi connectivity index (χ0n) is 15.8. The van der Waals surface area contributed by atoms with Crippen molar-refractivity contribution in [1.82, 2.24) is 0 Å². The molecule has 148 valence electrons. The first kappa shape index (κ1) is 18.8. The van der Waals surface area contributed by atoms with Gasteiger partial charge >= 0.3 is 5.97 Å². The molecule has 0 aromatic heterocycles. The highest BCUT2D eigenvalue weighted by Gasteiger charge is 2.69. The fourth-order valence-corrected chi connectivity index (χ4v) is 4.72. The largest absolute Gasteiger partial charge is 0.428 e. The monoisotopic (exact) mass is 378 g/mol. The molecule has 4 heterocycles. The lowest BCUT2D eigenvalue weighted by molar-refractivity contribution is -0.330. The van der Waals surface area contributed by atoms with Gasteiger partial charge in [-0.25, -0.2) is 4.79 Å². The molecular formula is C20H26O7. The highest BCUT2D eigenvalue weighted by molar-refractivity contribution is 5.83. The SMILES string of the molecule is C=C(C)[C@H]1CC[C@]2(O)C(=O)O[C@]3(O)CC(C)=C[C@]4(C=C(C)[C@](O)(C1)O4)O[C@@H]32. The molecule has 4 aliphatic rings. The minimum Gasteiger partial charge on any atom is -0.428 e. The maximum atomic E-state index is 12.6. The molecule has 0 aromatic rings. The van der Waals surface area contributed by atoms with Gasteiger partial charge in [0.15, 0.2) is 17.5 Å². The molecule has 3 bridgehead atoms.